The third-order valence-corrected chi connectivity index (χ3v) is 9.46. The van der Waals surface area contributed by atoms with Gasteiger partial charge in [-0.05, 0) is 48.9 Å². The van der Waals surface area contributed by atoms with Gasteiger partial charge < -0.3 is 14.7 Å². The average molecular weight is 569 g/mol. The summed E-state index contributed by atoms with van der Waals surface area (Å²) in [5, 5.41) is 7.60. The normalized spacial score (nSPS) is 16.8. The minimum absolute atomic E-state index is 0.115. The van der Waals surface area contributed by atoms with Gasteiger partial charge in [-0.2, -0.15) is 0 Å². The summed E-state index contributed by atoms with van der Waals surface area (Å²) in [6.45, 7) is 10.7. The number of Topliss-reactive ketones (excluding diaryl/α,β-unsaturated/α-hetero) is 1. The molecule has 0 atom stereocenters. The van der Waals surface area contributed by atoms with Gasteiger partial charge in [-0.1, -0.05) is 61.5 Å². The summed E-state index contributed by atoms with van der Waals surface area (Å²) >= 11 is 1.61. The lowest BCUT2D eigenvalue weighted by Gasteiger charge is -2.16. The summed E-state index contributed by atoms with van der Waals surface area (Å²) in [4.78, 5) is 26.9. The summed E-state index contributed by atoms with van der Waals surface area (Å²) in [5.74, 6) is 1.83. The molecular formula is C32H36N6O2S. The molecule has 7 rings (SSSR count). The summed E-state index contributed by atoms with van der Waals surface area (Å²) in [6.07, 6.45) is 6.93. The molecule has 41 heavy (non-hydrogen) atoms. The van der Waals surface area contributed by atoms with Gasteiger partial charge >= 0.3 is 0 Å². The van der Waals surface area contributed by atoms with Crippen LogP contribution in [0.1, 0.15) is 57.1 Å². The zero-order chi connectivity index (χ0) is 28.2. The van der Waals surface area contributed by atoms with Crippen molar-refractivity contribution in [3.05, 3.63) is 65.7 Å². The molecule has 1 saturated heterocycles. The Morgan fingerprint density at radius 1 is 1.07 bits per heavy atom. The molecule has 4 aromatic heterocycles. The van der Waals surface area contributed by atoms with Crippen molar-refractivity contribution in [2.45, 2.75) is 58.3 Å². The quantitative estimate of drug-likeness (QED) is 0.228. The highest BCUT2D eigenvalue weighted by atomic mass is 32.1. The number of benzene rings is 1. The Bertz CT molecular complexity index is 1720. The Hall–Kier alpha value is -3.56. The maximum Gasteiger partial charge on any atom is 0.196 e. The Morgan fingerprint density at radius 2 is 1.90 bits per heavy atom. The van der Waals surface area contributed by atoms with E-state index in [4.69, 9.17) is 14.5 Å². The van der Waals surface area contributed by atoms with Crippen LogP contribution in [0.5, 0.6) is 0 Å². The number of imidazole rings is 1. The van der Waals surface area contributed by atoms with Crippen LogP contribution >= 0.6 is 11.3 Å². The molecule has 1 saturated carbocycles. The molecule has 0 radical (unpaired) electrons. The van der Waals surface area contributed by atoms with Crippen LogP contribution in [0, 0.1) is 5.41 Å². The smallest absolute Gasteiger partial charge is 0.196 e. The number of carbonyl (C=O) groups is 1. The monoisotopic (exact) mass is 568 g/mol. The first-order valence-corrected chi connectivity index (χ1v) is 15.4. The van der Waals surface area contributed by atoms with E-state index in [1.807, 2.05) is 30.3 Å². The van der Waals surface area contributed by atoms with E-state index in [0.29, 0.717) is 17.5 Å². The molecule has 0 bridgehead atoms. The highest BCUT2D eigenvalue weighted by Gasteiger charge is 2.47. The number of nitrogens with zero attached hydrogens (tertiary/aromatic N) is 5. The summed E-state index contributed by atoms with van der Waals surface area (Å²) in [7, 11) is 0. The van der Waals surface area contributed by atoms with Crippen LogP contribution in [0.2, 0.25) is 0 Å². The predicted molar refractivity (Wildman–Crippen MR) is 163 cm³/mol. The molecule has 8 nitrogen and oxygen atoms in total. The Morgan fingerprint density at radius 3 is 2.63 bits per heavy atom. The van der Waals surface area contributed by atoms with Crippen LogP contribution in [-0.2, 0) is 23.1 Å². The Balaban J connectivity index is 0.973. The number of carbonyl (C=O) groups excluding carboxylic acids is 1. The van der Waals surface area contributed by atoms with E-state index >= 15 is 0 Å². The van der Waals surface area contributed by atoms with Crippen molar-refractivity contribution in [3.63, 3.8) is 0 Å². The van der Waals surface area contributed by atoms with E-state index in [0.717, 1.165) is 56.8 Å². The number of pyridine rings is 1. The molecule has 5 aromatic rings. The van der Waals surface area contributed by atoms with E-state index < -0.39 is 0 Å². The molecule has 1 N–H and O–H groups in total. The standard InChI is InChI=1S/C32H36N6O2S/c1-31(2,3)27-18-23(36-40-27)17-24(39)16-21-4-6-22(7-5-21)25-19-38-26-8-9-28(35-29(26)41-30(38)34-25)33-13-15-37-14-12-32(20-37)10-11-32/h4-9,18-19H,10-17,20H2,1-3H3,(H,33,35). The summed E-state index contributed by atoms with van der Waals surface area (Å²) in [6, 6.07) is 14.2. The Labute approximate surface area is 243 Å². The second kappa shape index (κ2) is 10.1. The maximum absolute atomic E-state index is 12.7. The largest absolute Gasteiger partial charge is 0.369 e. The fourth-order valence-corrected chi connectivity index (χ4v) is 6.78. The van der Waals surface area contributed by atoms with Crippen LogP contribution in [0.25, 0.3) is 26.6 Å². The first kappa shape index (κ1) is 26.3. The topological polar surface area (TPSA) is 88.6 Å². The SMILES string of the molecule is CC(C)(C)c1cc(CC(=O)Cc2ccc(-c3cn4c(n3)sc3nc(NCCN5CCC6(CC6)C5)ccc34)cc2)no1. The second-order valence-corrected chi connectivity index (χ2v) is 13.8. The summed E-state index contributed by atoms with van der Waals surface area (Å²) in [5.41, 5.74) is 5.22. The number of likely N-dealkylation sites (tertiary alicyclic amines) is 1. The van der Waals surface area contributed by atoms with Crippen LogP contribution in [0.3, 0.4) is 0 Å². The Kier molecular flexibility index (Phi) is 6.47. The van der Waals surface area contributed by atoms with Gasteiger partial charge in [0.2, 0.25) is 0 Å². The van der Waals surface area contributed by atoms with Crippen LogP contribution in [0.4, 0.5) is 5.82 Å². The van der Waals surface area contributed by atoms with Crippen LogP contribution < -0.4 is 5.32 Å². The number of anilines is 1. The second-order valence-electron chi connectivity index (χ2n) is 12.9. The van der Waals surface area contributed by atoms with E-state index in [-0.39, 0.29) is 17.6 Å². The highest BCUT2D eigenvalue weighted by molar-refractivity contribution is 7.23. The van der Waals surface area contributed by atoms with E-state index in [9.17, 15) is 4.79 Å². The molecule has 1 aliphatic heterocycles. The number of fused-ring (bicyclic) bond motifs is 3. The number of aromatic nitrogens is 4. The summed E-state index contributed by atoms with van der Waals surface area (Å²) < 4.78 is 7.53. The first-order valence-electron chi connectivity index (χ1n) is 14.6. The van der Waals surface area contributed by atoms with Crippen molar-refractivity contribution in [2.75, 3.05) is 31.5 Å². The van der Waals surface area contributed by atoms with Gasteiger partial charge in [-0.3, -0.25) is 9.20 Å². The van der Waals surface area contributed by atoms with Crippen LogP contribution in [0.15, 0.2) is 53.2 Å². The van der Waals surface area contributed by atoms with E-state index in [1.54, 1.807) is 11.3 Å². The fraction of sp³-hybridized carbons (Fsp3) is 0.438. The lowest BCUT2D eigenvalue weighted by molar-refractivity contribution is -0.117. The number of ketones is 1. The molecule has 1 aromatic carbocycles. The van der Waals surface area contributed by atoms with Gasteiger partial charge in [-0.15, -0.1) is 0 Å². The van der Waals surface area contributed by atoms with Gasteiger partial charge in [0.1, 0.15) is 22.2 Å². The first-order chi connectivity index (χ1) is 19.7. The van der Waals surface area contributed by atoms with Crippen molar-refractivity contribution in [2.24, 2.45) is 5.41 Å². The third-order valence-electron chi connectivity index (χ3n) is 8.50. The van der Waals surface area contributed by atoms with Crippen molar-refractivity contribution in [3.8, 4) is 11.3 Å². The number of thiazole rings is 1. The maximum atomic E-state index is 12.7. The van der Waals surface area contributed by atoms with Crippen molar-refractivity contribution in [1.29, 1.82) is 0 Å². The van der Waals surface area contributed by atoms with Gasteiger partial charge in [-0.25, -0.2) is 9.97 Å². The number of nitrogens with one attached hydrogen (secondary N) is 1. The third kappa shape index (κ3) is 5.53. The molecule has 1 aliphatic carbocycles. The molecule has 2 aliphatic rings. The number of hydrogen-bond donors (Lipinski definition) is 1. The predicted octanol–water partition coefficient (Wildman–Crippen LogP) is 6.15. The zero-order valence-corrected chi connectivity index (χ0v) is 24.8. The van der Waals surface area contributed by atoms with E-state index in [2.05, 4.69) is 58.9 Å². The van der Waals surface area contributed by atoms with Crippen molar-refractivity contribution >= 4 is 38.2 Å². The van der Waals surface area contributed by atoms with Crippen LogP contribution in [-0.4, -0.2) is 56.4 Å². The molecule has 5 heterocycles. The fourth-order valence-electron chi connectivity index (χ4n) is 5.80. The van der Waals surface area contributed by atoms with Gasteiger partial charge in [0.25, 0.3) is 0 Å². The lowest BCUT2D eigenvalue weighted by Crippen LogP contribution is -2.27. The van der Waals surface area contributed by atoms with Crippen molar-refractivity contribution < 1.29 is 9.32 Å². The lowest BCUT2D eigenvalue weighted by atomic mass is 9.93. The molecule has 0 amide bonds. The molecule has 0 unspecified atom stereocenters. The van der Waals surface area contributed by atoms with Crippen molar-refractivity contribution in [1.82, 2.24) is 24.4 Å². The minimum Gasteiger partial charge on any atom is -0.369 e. The zero-order valence-electron chi connectivity index (χ0n) is 23.9. The molecular weight excluding hydrogens is 532 g/mol. The molecule has 2 fully saturated rings. The van der Waals surface area contributed by atoms with Gasteiger partial charge in [0, 0.05) is 49.3 Å². The number of hydrogen-bond acceptors (Lipinski definition) is 8. The molecule has 1 spiro atoms. The van der Waals surface area contributed by atoms with Gasteiger partial charge in [0.15, 0.2) is 4.96 Å². The minimum atomic E-state index is -0.124. The number of rotatable bonds is 9. The average Bonchev–Trinajstić information content (AvgIpc) is 3.32. The van der Waals surface area contributed by atoms with E-state index in [1.165, 1.54) is 32.4 Å². The molecule has 212 valence electrons. The van der Waals surface area contributed by atoms with Gasteiger partial charge in [0.05, 0.1) is 23.3 Å². The molecule has 9 heteroatoms. The highest BCUT2D eigenvalue weighted by Crippen LogP contribution is 2.52.